The fraction of sp³-hybridized carbons (Fsp3) is 0. The van der Waals surface area contributed by atoms with Gasteiger partial charge in [0.25, 0.3) is 5.69 Å². The Morgan fingerprint density at radius 1 is 1.06 bits per heavy atom. The number of nitro groups is 1. The normalized spacial score (nSPS) is 9.59. The summed E-state index contributed by atoms with van der Waals surface area (Å²) < 4.78 is 0. The smallest absolute Gasteiger partial charge is 0.258 e. The molecule has 2 aromatic carbocycles. The molecular formula is C14H9NO2. The lowest BCUT2D eigenvalue weighted by atomic mass is 10.0. The molecule has 0 unspecified atom stereocenters. The van der Waals surface area contributed by atoms with Crippen LogP contribution in [0.3, 0.4) is 0 Å². The number of rotatable bonds is 2. The van der Waals surface area contributed by atoms with Crippen molar-refractivity contribution in [3.8, 4) is 23.5 Å². The minimum atomic E-state index is -0.408. The van der Waals surface area contributed by atoms with Gasteiger partial charge in [0.1, 0.15) is 0 Å². The lowest BCUT2D eigenvalue weighted by Gasteiger charge is -2.02. The molecule has 0 amide bonds. The summed E-state index contributed by atoms with van der Waals surface area (Å²) in [6.07, 6.45) is 5.32. The van der Waals surface area contributed by atoms with Gasteiger partial charge in [-0.3, -0.25) is 10.1 Å². The molecule has 0 aromatic heterocycles. The molecule has 0 heterocycles. The van der Waals surface area contributed by atoms with Crippen LogP contribution >= 0.6 is 0 Å². The summed E-state index contributed by atoms with van der Waals surface area (Å²) in [5.41, 5.74) is 2.50. The van der Waals surface area contributed by atoms with Crippen LogP contribution in [0.25, 0.3) is 11.1 Å². The van der Waals surface area contributed by atoms with Gasteiger partial charge in [0, 0.05) is 17.7 Å². The molecule has 2 rings (SSSR count). The molecule has 0 fully saturated rings. The number of terminal acetylenes is 1. The second kappa shape index (κ2) is 4.50. The van der Waals surface area contributed by atoms with Crippen molar-refractivity contribution in [1.29, 1.82) is 0 Å². The Morgan fingerprint density at radius 3 is 2.35 bits per heavy atom. The Kier molecular flexibility index (Phi) is 2.89. The Morgan fingerprint density at radius 2 is 1.71 bits per heavy atom. The Bertz CT molecular complexity index is 612. The molecule has 3 nitrogen and oxygen atoms in total. The summed E-state index contributed by atoms with van der Waals surface area (Å²) in [6.45, 7) is 0. The van der Waals surface area contributed by atoms with E-state index in [4.69, 9.17) is 6.42 Å². The predicted octanol–water partition coefficient (Wildman–Crippen LogP) is 3.24. The first kappa shape index (κ1) is 10.9. The van der Waals surface area contributed by atoms with Crippen LogP contribution < -0.4 is 0 Å². The van der Waals surface area contributed by atoms with Crippen molar-refractivity contribution >= 4 is 5.69 Å². The molecule has 0 saturated heterocycles. The van der Waals surface area contributed by atoms with E-state index in [2.05, 4.69) is 5.92 Å². The Balaban J connectivity index is 2.49. The van der Waals surface area contributed by atoms with Crippen molar-refractivity contribution in [3.05, 3.63) is 64.2 Å². The van der Waals surface area contributed by atoms with E-state index in [1.807, 2.05) is 30.3 Å². The largest absolute Gasteiger partial charge is 0.270 e. The fourth-order valence-electron chi connectivity index (χ4n) is 1.59. The summed E-state index contributed by atoms with van der Waals surface area (Å²) in [5, 5.41) is 10.7. The van der Waals surface area contributed by atoms with E-state index in [1.54, 1.807) is 6.07 Å². The van der Waals surface area contributed by atoms with E-state index in [-0.39, 0.29) is 5.69 Å². The van der Waals surface area contributed by atoms with Gasteiger partial charge in [-0.25, -0.2) is 0 Å². The van der Waals surface area contributed by atoms with Gasteiger partial charge in [-0.2, -0.15) is 0 Å². The van der Waals surface area contributed by atoms with Gasteiger partial charge in [0.05, 0.1) is 4.92 Å². The lowest BCUT2D eigenvalue weighted by Crippen LogP contribution is -1.88. The fourth-order valence-corrected chi connectivity index (χ4v) is 1.59. The first-order valence-corrected chi connectivity index (χ1v) is 5.02. The van der Waals surface area contributed by atoms with Crippen molar-refractivity contribution in [2.24, 2.45) is 0 Å². The standard InChI is InChI=1S/C14H9NO2/c1-2-11-5-3-6-12(9-11)13-7-4-8-14(10-13)15(16)17/h1,3-10H. The molecule has 82 valence electrons. The zero-order valence-electron chi connectivity index (χ0n) is 8.96. The van der Waals surface area contributed by atoms with Gasteiger partial charge < -0.3 is 0 Å². The number of hydrogen-bond donors (Lipinski definition) is 0. The van der Waals surface area contributed by atoms with Gasteiger partial charge in [0.2, 0.25) is 0 Å². The molecule has 2 aromatic rings. The number of non-ortho nitro benzene ring substituents is 1. The summed E-state index contributed by atoms with van der Waals surface area (Å²) in [4.78, 5) is 10.3. The second-order valence-electron chi connectivity index (χ2n) is 3.53. The van der Waals surface area contributed by atoms with Crippen LogP contribution in [0.15, 0.2) is 48.5 Å². The van der Waals surface area contributed by atoms with Crippen LogP contribution in [0.5, 0.6) is 0 Å². The maximum absolute atomic E-state index is 10.7. The van der Waals surface area contributed by atoms with E-state index < -0.39 is 4.92 Å². The summed E-state index contributed by atoms with van der Waals surface area (Å²) in [7, 11) is 0. The van der Waals surface area contributed by atoms with Crippen LogP contribution in [-0.2, 0) is 0 Å². The third-order valence-corrected chi connectivity index (χ3v) is 2.42. The Labute approximate surface area is 98.9 Å². The van der Waals surface area contributed by atoms with Crippen molar-refractivity contribution in [3.63, 3.8) is 0 Å². The molecule has 0 bridgehead atoms. The van der Waals surface area contributed by atoms with Gasteiger partial charge in [-0.15, -0.1) is 6.42 Å². The van der Waals surface area contributed by atoms with Gasteiger partial charge in [0.15, 0.2) is 0 Å². The lowest BCUT2D eigenvalue weighted by molar-refractivity contribution is -0.384. The van der Waals surface area contributed by atoms with Crippen LogP contribution in [0.4, 0.5) is 5.69 Å². The van der Waals surface area contributed by atoms with Crippen LogP contribution in [0.1, 0.15) is 5.56 Å². The molecule has 0 aliphatic carbocycles. The highest BCUT2D eigenvalue weighted by molar-refractivity contribution is 5.67. The van der Waals surface area contributed by atoms with E-state index >= 15 is 0 Å². The maximum atomic E-state index is 10.7. The molecule has 0 atom stereocenters. The van der Waals surface area contributed by atoms with Crippen LogP contribution in [0.2, 0.25) is 0 Å². The average Bonchev–Trinajstić information content (AvgIpc) is 2.39. The van der Waals surface area contributed by atoms with Crippen LogP contribution in [0, 0.1) is 22.5 Å². The number of nitrogens with zero attached hydrogens (tertiary/aromatic N) is 1. The number of benzene rings is 2. The molecular weight excluding hydrogens is 214 g/mol. The zero-order chi connectivity index (χ0) is 12.3. The maximum Gasteiger partial charge on any atom is 0.270 e. The van der Waals surface area contributed by atoms with Crippen LogP contribution in [-0.4, -0.2) is 4.92 Å². The van der Waals surface area contributed by atoms with E-state index in [0.717, 1.165) is 16.7 Å². The molecule has 3 heteroatoms. The van der Waals surface area contributed by atoms with Crippen molar-refractivity contribution in [1.82, 2.24) is 0 Å². The van der Waals surface area contributed by atoms with Gasteiger partial charge >= 0.3 is 0 Å². The summed E-state index contributed by atoms with van der Waals surface area (Å²) in [5.74, 6) is 2.54. The molecule has 0 saturated carbocycles. The van der Waals surface area contributed by atoms with Crippen molar-refractivity contribution in [2.45, 2.75) is 0 Å². The number of nitro benzene ring substituents is 1. The molecule has 0 N–H and O–H groups in total. The second-order valence-corrected chi connectivity index (χ2v) is 3.53. The van der Waals surface area contributed by atoms with Gasteiger partial charge in [-0.05, 0) is 23.3 Å². The molecule has 0 aliphatic rings. The van der Waals surface area contributed by atoms with E-state index in [1.165, 1.54) is 12.1 Å². The summed E-state index contributed by atoms with van der Waals surface area (Å²) >= 11 is 0. The minimum Gasteiger partial charge on any atom is -0.258 e. The van der Waals surface area contributed by atoms with Gasteiger partial charge in [-0.1, -0.05) is 30.2 Å². The molecule has 0 spiro atoms. The Hall–Kier alpha value is -2.60. The third-order valence-electron chi connectivity index (χ3n) is 2.42. The van der Waals surface area contributed by atoms with Crippen molar-refractivity contribution < 1.29 is 4.92 Å². The monoisotopic (exact) mass is 223 g/mol. The minimum absolute atomic E-state index is 0.0774. The van der Waals surface area contributed by atoms with E-state index in [9.17, 15) is 10.1 Å². The molecule has 17 heavy (non-hydrogen) atoms. The average molecular weight is 223 g/mol. The molecule has 0 radical (unpaired) electrons. The predicted molar refractivity (Wildman–Crippen MR) is 66.5 cm³/mol. The topological polar surface area (TPSA) is 43.1 Å². The highest BCUT2D eigenvalue weighted by Crippen LogP contribution is 2.24. The highest BCUT2D eigenvalue weighted by Gasteiger charge is 2.06. The zero-order valence-corrected chi connectivity index (χ0v) is 8.96. The summed E-state index contributed by atoms with van der Waals surface area (Å²) in [6, 6.07) is 13.9. The third kappa shape index (κ3) is 2.32. The molecule has 0 aliphatic heterocycles. The quantitative estimate of drug-likeness (QED) is 0.445. The number of hydrogen-bond acceptors (Lipinski definition) is 2. The first-order valence-electron chi connectivity index (χ1n) is 5.02. The highest BCUT2D eigenvalue weighted by atomic mass is 16.6. The SMILES string of the molecule is C#Cc1cccc(-c2cccc([N+](=O)[O-])c2)c1. The first-order chi connectivity index (χ1) is 8.20. The van der Waals surface area contributed by atoms with E-state index in [0.29, 0.717) is 0 Å². The van der Waals surface area contributed by atoms with Crippen molar-refractivity contribution in [2.75, 3.05) is 0 Å².